The molecule has 3 N–H and O–H groups in total. The molecule has 0 bridgehead atoms. The van der Waals surface area contributed by atoms with E-state index < -0.39 is 9.84 Å². The Morgan fingerprint density at radius 1 is 1.39 bits per heavy atom. The fourth-order valence-electron chi connectivity index (χ4n) is 1.95. The minimum atomic E-state index is -2.83. The average Bonchev–Trinajstić information content (AvgIpc) is 2.30. The number of nitrogens with one attached hydrogen (secondary N) is 1. The lowest BCUT2D eigenvalue weighted by atomic mass is 10.2. The zero-order valence-corrected chi connectivity index (χ0v) is 11.7. The zero-order chi connectivity index (χ0) is 13.6. The summed E-state index contributed by atoms with van der Waals surface area (Å²) in [7, 11) is -2.83. The Balaban J connectivity index is 2.32. The summed E-state index contributed by atoms with van der Waals surface area (Å²) in [4.78, 5) is 13.3. The summed E-state index contributed by atoms with van der Waals surface area (Å²) < 4.78 is 22.5. The molecule has 0 aliphatic carbocycles. The van der Waals surface area contributed by atoms with Gasteiger partial charge in [0.25, 0.3) is 0 Å². The van der Waals surface area contributed by atoms with E-state index in [1.165, 1.54) is 0 Å². The number of nitrogens with zero attached hydrogens (tertiary/aromatic N) is 1. The van der Waals surface area contributed by atoms with Gasteiger partial charge in [0.2, 0.25) is 5.91 Å². The lowest BCUT2D eigenvalue weighted by molar-refractivity contribution is -0.120. The zero-order valence-electron chi connectivity index (χ0n) is 10.9. The van der Waals surface area contributed by atoms with Crippen LogP contribution in [0.4, 0.5) is 0 Å². The van der Waals surface area contributed by atoms with Gasteiger partial charge in [0.05, 0.1) is 17.5 Å². The van der Waals surface area contributed by atoms with Gasteiger partial charge in [0, 0.05) is 19.6 Å². The number of amides is 1. The van der Waals surface area contributed by atoms with Crippen LogP contribution in [-0.4, -0.2) is 63.0 Å². The molecule has 1 amide bonds. The van der Waals surface area contributed by atoms with Gasteiger partial charge in [-0.05, 0) is 19.4 Å². The van der Waals surface area contributed by atoms with Crippen molar-refractivity contribution in [3.63, 3.8) is 0 Å². The second kappa shape index (κ2) is 7.06. The van der Waals surface area contributed by atoms with Crippen LogP contribution in [0.15, 0.2) is 0 Å². The van der Waals surface area contributed by atoms with Crippen molar-refractivity contribution in [3.05, 3.63) is 0 Å². The van der Waals surface area contributed by atoms with Gasteiger partial charge in [-0.25, -0.2) is 8.42 Å². The second-order valence-electron chi connectivity index (χ2n) is 4.69. The monoisotopic (exact) mass is 277 g/mol. The van der Waals surface area contributed by atoms with Crippen LogP contribution in [0.1, 0.15) is 19.8 Å². The quantitative estimate of drug-likeness (QED) is 0.620. The van der Waals surface area contributed by atoms with Crippen molar-refractivity contribution in [3.8, 4) is 0 Å². The molecule has 7 heteroatoms. The first-order valence-electron chi connectivity index (χ1n) is 6.40. The van der Waals surface area contributed by atoms with E-state index in [-0.39, 0.29) is 23.5 Å². The molecular formula is C11H23N3O3S. The molecule has 0 saturated carbocycles. The van der Waals surface area contributed by atoms with Crippen LogP contribution in [-0.2, 0) is 14.6 Å². The molecule has 1 aliphatic rings. The lowest BCUT2D eigenvalue weighted by Crippen LogP contribution is -2.46. The predicted molar refractivity (Wildman–Crippen MR) is 71.0 cm³/mol. The van der Waals surface area contributed by atoms with Crippen molar-refractivity contribution in [1.82, 2.24) is 10.2 Å². The number of carbonyl (C=O) groups excluding carboxylic acids is 1. The van der Waals surface area contributed by atoms with Crippen molar-refractivity contribution >= 4 is 15.7 Å². The molecule has 0 aromatic carbocycles. The van der Waals surface area contributed by atoms with E-state index in [1.807, 2.05) is 6.92 Å². The van der Waals surface area contributed by atoms with Crippen LogP contribution in [0, 0.1) is 0 Å². The molecule has 6 nitrogen and oxygen atoms in total. The maximum absolute atomic E-state index is 11.3. The molecule has 0 aromatic heterocycles. The Labute approximate surface area is 109 Å². The van der Waals surface area contributed by atoms with Crippen molar-refractivity contribution < 1.29 is 13.2 Å². The van der Waals surface area contributed by atoms with Gasteiger partial charge in [-0.1, -0.05) is 6.92 Å². The largest absolute Gasteiger partial charge is 0.368 e. The van der Waals surface area contributed by atoms with Gasteiger partial charge in [0.1, 0.15) is 0 Å². The van der Waals surface area contributed by atoms with E-state index in [1.54, 1.807) is 0 Å². The minimum absolute atomic E-state index is 0.219. The fourth-order valence-corrected chi connectivity index (χ4v) is 3.23. The third kappa shape index (κ3) is 5.32. The van der Waals surface area contributed by atoms with Crippen LogP contribution < -0.4 is 11.1 Å². The molecule has 1 rings (SSSR count). The first-order valence-corrected chi connectivity index (χ1v) is 8.22. The molecular weight excluding hydrogens is 254 g/mol. The molecule has 0 spiro atoms. The smallest absolute Gasteiger partial charge is 0.234 e. The lowest BCUT2D eigenvalue weighted by Gasteiger charge is -2.27. The first-order chi connectivity index (χ1) is 8.44. The summed E-state index contributed by atoms with van der Waals surface area (Å²) in [6, 6.07) is -0.316. The molecule has 1 unspecified atom stereocenters. The molecule has 18 heavy (non-hydrogen) atoms. The van der Waals surface area contributed by atoms with Gasteiger partial charge in [-0.15, -0.1) is 0 Å². The highest BCUT2D eigenvalue weighted by molar-refractivity contribution is 7.91. The third-order valence-corrected chi connectivity index (χ3v) is 4.76. The van der Waals surface area contributed by atoms with Crippen LogP contribution in [0.5, 0.6) is 0 Å². The highest BCUT2D eigenvalue weighted by Crippen LogP contribution is 2.05. The number of primary amides is 1. The van der Waals surface area contributed by atoms with Crippen LogP contribution in [0.2, 0.25) is 0 Å². The van der Waals surface area contributed by atoms with E-state index >= 15 is 0 Å². The predicted octanol–water partition coefficient (Wildman–Crippen LogP) is -1.04. The van der Waals surface area contributed by atoms with Crippen LogP contribution in [0.3, 0.4) is 0 Å². The van der Waals surface area contributed by atoms with Crippen molar-refractivity contribution in [2.24, 2.45) is 5.73 Å². The average molecular weight is 277 g/mol. The summed E-state index contributed by atoms with van der Waals surface area (Å²) in [6.07, 6.45) is 1.58. The SMILES string of the molecule is CCCNC(CCN1CCS(=O)(=O)CC1)C(N)=O. The third-order valence-electron chi connectivity index (χ3n) is 3.16. The summed E-state index contributed by atoms with van der Waals surface area (Å²) in [5.74, 6) is 0.0980. The molecule has 1 saturated heterocycles. The van der Waals surface area contributed by atoms with Gasteiger partial charge >= 0.3 is 0 Å². The van der Waals surface area contributed by atoms with E-state index in [0.717, 1.165) is 13.0 Å². The number of hydrogen-bond acceptors (Lipinski definition) is 5. The van der Waals surface area contributed by atoms with Crippen LogP contribution >= 0.6 is 0 Å². The Morgan fingerprint density at radius 2 is 2.00 bits per heavy atom. The summed E-state index contributed by atoms with van der Waals surface area (Å²) in [6.45, 7) is 4.62. The topological polar surface area (TPSA) is 92.5 Å². The molecule has 1 aliphatic heterocycles. The molecule has 106 valence electrons. The second-order valence-corrected chi connectivity index (χ2v) is 6.99. The van der Waals surface area contributed by atoms with E-state index in [2.05, 4.69) is 10.2 Å². The maximum atomic E-state index is 11.3. The number of sulfone groups is 1. The molecule has 1 atom stereocenters. The van der Waals surface area contributed by atoms with E-state index in [0.29, 0.717) is 26.1 Å². The molecule has 1 heterocycles. The Morgan fingerprint density at radius 3 is 2.50 bits per heavy atom. The van der Waals surface area contributed by atoms with Gasteiger partial charge in [0.15, 0.2) is 9.84 Å². The fraction of sp³-hybridized carbons (Fsp3) is 0.909. The normalized spacial score (nSPS) is 21.6. The number of nitrogens with two attached hydrogens (primary N) is 1. The number of carbonyl (C=O) groups is 1. The highest BCUT2D eigenvalue weighted by atomic mass is 32.2. The van der Waals surface area contributed by atoms with Crippen molar-refractivity contribution in [2.75, 3.05) is 37.7 Å². The minimum Gasteiger partial charge on any atom is -0.368 e. The van der Waals surface area contributed by atoms with Gasteiger partial charge < -0.3 is 16.0 Å². The molecule has 0 aromatic rings. The maximum Gasteiger partial charge on any atom is 0.234 e. The highest BCUT2D eigenvalue weighted by Gasteiger charge is 2.23. The van der Waals surface area contributed by atoms with E-state index in [9.17, 15) is 13.2 Å². The van der Waals surface area contributed by atoms with Crippen LogP contribution in [0.25, 0.3) is 0 Å². The Kier molecular flexibility index (Phi) is 6.04. The number of rotatable bonds is 7. The van der Waals surface area contributed by atoms with Crippen molar-refractivity contribution in [2.45, 2.75) is 25.8 Å². The van der Waals surface area contributed by atoms with E-state index in [4.69, 9.17) is 5.73 Å². The summed E-state index contributed by atoms with van der Waals surface area (Å²) in [5, 5.41) is 3.11. The summed E-state index contributed by atoms with van der Waals surface area (Å²) in [5.41, 5.74) is 5.32. The van der Waals surface area contributed by atoms with Crippen molar-refractivity contribution in [1.29, 1.82) is 0 Å². The molecule has 1 fully saturated rings. The first kappa shape index (κ1) is 15.4. The molecule has 0 radical (unpaired) electrons. The summed E-state index contributed by atoms with van der Waals surface area (Å²) >= 11 is 0. The standard InChI is InChI=1S/C11H23N3O3S/c1-2-4-13-10(11(12)15)3-5-14-6-8-18(16,17)9-7-14/h10,13H,2-9H2,1H3,(H2,12,15). The van der Waals surface area contributed by atoms with Gasteiger partial charge in [-0.2, -0.15) is 0 Å². The Hall–Kier alpha value is -0.660. The Bertz CT molecular complexity index is 356. The number of hydrogen-bond donors (Lipinski definition) is 2. The van der Waals surface area contributed by atoms with Gasteiger partial charge in [-0.3, -0.25) is 4.79 Å².